The van der Waals surface area contributed by atoms with Gasteiger partial charge in [0.2, 0.25) is 0 Å². The van der Waals surface area contributed by atoms with E-state index >= 15 is 0 Å². The first-order valence-corrected chi connectivity index (χ1v) is 17.4. The highest BCUT2D eigenvalue weighted by atomic mass is 16.5. The van der Waals surface area contributed by atoms with E-state index in [0.29, 0.717) is 87.4 Å². The molecule has 278 valence electrons. The summed E-state index contributed by atoms with van der Waals surface area (Å²) in [5, 5.41) is 20.0. The average Bonchev–Trinajstić information content (AvgIpc) is 3.19. The van der Waals surface area contributed by atoms with E-state index in [4.69, 9.17) is 29.5 Å². The zero-order chi connectivity index (χ0) is 38.0. The summed E-state index contributed by atoms with van der Waals surface area (Å²) in [6.45, 7) is 4.51. The Balaban J connectivity index is 0.000000258. The van der Waals surface area contributed by atoms with Crippen LogP contribution in [0.25, 0.3) is 0 Å². The molecule has 0 spiro atoms. The number of hydrogen-bond acceptors (Lipinski definition) is 10. The Morgan fingerprint density at radius 2 is 1.13 bits per heavy atom. The van der Waals surface area contributed by atoms with Gasteiger partial charge in [-0.3, -0.25) is 19.2 Å². The highest BCUT2D eigenvalue weighted by molar-refractivity contribution is 6.35. The highest BCUT2D eigenvalue weighted by Crippen LogP contribution is 2.26. The van der Waals surface area contributed by atoms with Crippen LogP contribution in [0.5, 0.6) is 23.0 Å². The Morgan fingerprint density at radius 3 is 1.66 bits per heavy atom. The van der Waals surface area contributed by atoms with Crippen LogP contribution in [-0.4, -0.2) is 105 Å². The average molecular weight is 725 g/mol. The maximum Gasteiger partial charge on any atom is 0.312 e. The van der Waals surface area contributed by atoms with Crippen LogP contribution in [0.15, 0.2) is 66.7 Å². The van der Waals surface area contributed by atoms with E-state index < -0.39 is 23.6 Å². The van der Waals surface area contributed by atoms with Gasteiger partial charge in [0.05, 0.1) is 50.7 Å². The number of carbonyl (C=O) groups excluding carboxylic acids is 4. The second kappa shape index (κ2) is 20.5. The number of hydrogen-bond donors (Lipinski definition) is 1. The molecular weight excluding hydrogens is 680 g/mol. The van der Waals surface area contributed by atoms with Crippen LogP contribution in [0.1, 0.15) is 42.4 Å². The lowest BCUT2D eigenvalue weighted by molar-refractivity contribution is -0.156. The monoisotopic (exact) mass is 724 g/mol. The molecule has 4 amide bonds. The molecule has 1 N–H and O–H groups in total. The van der Waals surface area contributed by atoms with Gasteiger partial charge in [-0.2, -0.15) is 10.5 Å². The second-order valence-electron chi connectivity index (χ2n) is 12.1. The number of piperazine rings is 2. The van der Waals surface area contributed by atoms with Gasteiger partial charge in [-0.1, -0.05) is 0 Å². The van der Waals surface area contributed by atoms with Crippen molar-refractivity contribution < 1.29 is 38.1 Å². The second-order valence-corrected chi connectivity index (χ2v) is 12.1. The van der Waals surface area contributed by atoms with Crippen molar-refractivity contribution in [1.29, 1.82) is 10.5 Å². The molecule has 2 saturated heterocycles. The zero-order valence-corrected chi connectivity index (χ0v) is 30.0. The van der Waals surface area contributed by atoms with Crippen molar-refractivity contribution in [2.24, 2.45) is 0 Å². The lowest BCUT2D eigenvalue weighted by Crippen LogP contribution is -2.54. The Morgan fingerprint density at radius 1 is 0.623 bits per heavy atom. The third kappa shape index (κ3) is 11.9. The summed E-state index contributed by atoms with van der Waals surface area (Å²) >= 11 is 0. The third-order valence-electron chi connectivity index (χ3n) is 8.55. The summed E-state index contributed by atoms with van der Waals surface area (Å²) in [4.78, 5) is 52.6. The molecule has 5 rings (SSSR count). The summed E-state index contributed by atoms with van der Waals surface area (Å²) in [5.41, 5.74) is 2.01. The fourth-order valence-electron chi connectivity index (χ4n) is 5.55. The predicted octanol–water partition coefficient (Wildman–Crippen LogP) is 3.28. The summed E-state index contributed by atoms with van der Waals surface area (Å²) in [7, 11) is 3.14. The summed E-state index contributed by atoms with van der Waals surface area (Å²) in [6, 6.07) is 23.4. The quantitative estimate of drug-likeness (QED) is 0.171. The van der Waals surface area contributed by atoms with Gasteiger partial charge in [0, 0.05) is 57.4 Å². The molecule has 0 unspecified atom stereocenters. The minimum Gasteiger partial charge on any atom is -0.497 e. The largest absolute Gasteiger partial charge is 0.497 e. The van der Waals surface area contributed by atoms with Gasteiger partial charge >= 0.3 is 23.6 Å². The van der Waals surface area contributed by atoms with E-state index in [0.717, 1.165) is 37.0 Å². The topological polar surface area (TPSA) is 175 Å². The van der Waals surface area contributed by atoms with Gasteiger partial charge in [-0.25, -0.2) is 0 Å². The molecule has 0 saturated carbocycles. The SMILES string of the molecule is COc1ccc(CN2CCN(CCCCOc3ccc(C#N)cc3)C(=O)C2=O)c(OC)c1.N#Cc1ccc(OCCCCN2CCNC(=O)C2=O)cc1. The smallest absolute Gasteiger partial charge is 0.312 e. The van der Waals surface area contributed by atoms with E-state index in [1.165, 1.54) is 0 Å². The van der Waals surface area contributed by atoms with Crippen LogP contribution >= 0.6 is 0 Å². The van der Waals surface area contributed by atoms with E-state index in [1.807, 2.05) is 12.1 Å². The molecule has 2 aliphatic rings. The Kier molecular flexibility index (Phi) is 15.3. The highest BCUT2D eigenvalue weighted by Gasteiger charge is 2.32. The first-order chi connectivity index (χ1) is 25.8. The molecule has 0 aliphatic carbocycles. The molecule has 2 aliphatic heterocycles. The number of rotatable bonds is 16. The fourth-order valence-corrected chi connectivity index (χ4v) is 5.55. The number of benzene rings is 3. The molecule has 14 nitrogen and oxygen atoms in total. The molecule has 0 bridgehead atoms. The van der Waals surface area contributed by atoms with Crippen molar-refractivity contribution in [3.63, 3.8) is 0 Å². The summed E-state index contributed by atoms with van der Waals surface area (Å²) in [6.07, 6.45) is 3.08. The van der Waals surface area contributed by atoms with Gasteiger partial charge in [-0.15, -0.1) is 0 Å². The minimum atomic E-state index is -0.518. The molecule has 14 heteroatoms. The first-order valence-electron chi connectivity index (χ1n) is 17.4. The van der Waals surface area contributed by atoms with Crippen LogP contribution < -0.4 is 24.3 Å². The van der Waals surface area contributed by atoms with E-state index in [2.05, 4.69) is 11.4 Å². The van der Waals surface area contributed by atoms with Crippen LogP contribution in [0, 0.1) is 22.7 Å². The van der Waals surface area contributed by atoms with Crippen LogP contribution in [-0.2, 0) is 25.7 Å². The third-order valence-corrected chi connectivity index (χ3v) is 8.55. The molecule has 0 radical (unpaired) electrons. The van der Waals surface area contributed by atoms with Crippen molar-refractivity contribution in [3.8, 4) is 35.1 Å². The lowest BCUT2D eigenvalue weighted by Gasteiger charge is -2.34. The Labute approximate surface area is 309 Å². The van der Waals surface area contributed by atoms with Gasteiger partial charge < -0.3 is 39.0 Å². The first kappa shape index (κ1) is 39.5. The molecule has 2 heterocycles. The number of unbranched alkanes of at least 4 members (excludes halogenated alkanes) is 2. The summed E-state index contributed by atoms with van der Waals surface area (Å²) in [5.74, 6) is 0.777. The standard InChI is InChI=1S/C24H27N3O5.C15H17N3O3/c1-30-21-10-7-19(22(15-21)31-2)17-27-13-12-26(23(28)24(27)29)11-3-4-14-32-20-8-5-18(16-25)6-9-20;16-11-12-3-5-13(6-4-12)21-10-2-1-8-18-9-7-17-14(19)15(18)20/h5-10,15H,3-4,11-14,17H2,1-2H3;3-6H,1-2,7-10H2,(H,17,19). The molecule has 3 aromatic carbocycles. The van der Waals surface area contributed by atoms with E-state index in [-0.39, 0.29) is 0 Å². The molecule has 3 aromatic rings. The van der Waals surface area contributed by atoms with Gasteiger partial charge in [0.25, 0.3) is 0 Å². The van der Waals surface area contributed by atoms with Crippen LogP contribution in [0.2, 0.25) is 0 Å². The van der Waals surface area contributed by atoms with Crippen molar-refractivity contribution in [2.45, 2.75) is 32.2 Å². The molecule has 0 aromatic heterocycles. The van der Waals surface area contributed by atoms with Gasteiger partial charge in [-0.05, 0) is 86.3 Å². The number of nitriles is 2. The normalized spacial score (nSPS) is 14.0. The van der Waals surface area contributed by atoms with Gasteiger partial charge in [0.1, 0.15) is 23.0 Å². The van der Waals surface area contributed by atoms with E-state index in [9.17, 15) is 19.2 Å². The number of carbonyl (C=O) groups is 4. The Bertz CT molecular complexity index is 1790. The maximum atomic E-state index is 12.6. The molecule has 53 heavy (non-hydrogen) atoms. The van der Waals surface area contributed by atoms with E-state index in [1.54, 1.807) is 89.6 Å². The van der Waals surface area contributed by atoms with Crippen LogP contribution in [0.4, 0.5) is 0 Å². The van der Waals surface area contributed by atoms with Crippen LogP contribution in [0.3, 0.4) is 0 Å². The maximum absolute atomic E-state index is 12.6. The lowest BCUT2D eigenvalue weighted by atomic mass is 10.1. The number of amides is 4. The number of methoxy groups -OCH3 is 2. The fraction of sp³-hybridized carbons (Fsp3) is 0.385. The van der Waals surface area contributed by atoms with Crippen molar-refractivity contribution in [1.82, 2.24) is 20.0 Å². The predicted molar refractivity (Wildman–Crippen MR) is 193 cm³/mol. The molecule has 2 fully saturated rings. The summed E-state index contributed by atoms with van der Waals surface area (Å²) < 4.78 is 21.8. The van der Waals surface area contributed by atoms with Gasteiger partial charge in [0.15, 0.2) is 0 Å². The number of nitrogens with zero attached hydrogens (tertiary/aromatic N) is 5. The number of ether oxygens (including phenoxy) is 4. The van der Waals surface area contributed by atoms with Crippen molar-refractivity contribution >= 4 is 23.6 Å². The Hall–Kier alpha value is -6.28. The molecular formula is C39H44N6O8. The number of nitrogens with one attached hydrogen (secondary N) is 1. The van der Waals surface area contributed by atoms with Crippen molar-refractivity contribution in [3.05, 3.63) is 83.4 Å². The zero-order valence-electron chi connectivity index (χ0n) is 30.0. The molecule has 0 atom stereocenters. The minimum absolute atomic E-state index is 0.310. The van der Waals surface area contributed by atoms with Crippen molar-refractivity contribution in [2.75, 3.05) is 66.7 Å².